The molecule has 0 spiro atoms. The largest absolute Gasteiger partial charge is 0.427 e. The van der Waals surface area contributed by atoms with Crippen molar-refractivity contribution in [3.8, 4) is 28.4 Å². The molecule has 4 rings (SSSR count). The van der Waals surface area contributed by atoms with Gasteiger partial charge in [0.15, 0.2) is 5.82 Å². The number of esters is 1. The Kier molecular flexibility index (Phi) is 3.31. The summed E-state index contributed by atoms with van der Waals surface area (Å²) < 4.78 is 5.06. The molecule has 7 nitrogen and oxygen atoms in total. The highest BCUT2D eigenvalue weighted by atomic mass is 16.5. The number of hydrogen-bond donors (Lipinski definition) is 2. The van der Waals surface area contributed by atoms with Gasteiger partial charge in [-0.25, -0.2) is 4.98 Å². The molecule has 0 bridgehead atoms. The number of carbonyl (C=O) groups is 1. The predicted molar refractivity (Wildman–Crippen MR) is 88.2 cm³/mol. The smallest absolute Gasteiger partial charge is 0.308 e. The summed E-state index contributed by atoms with van der Waals surface area (Å²) >= 11 is 0. The molecule has 0 aliphatic heterocycles. The SMILES string of the molecule is CC(=O)Oc1ccc(-c2n[nH]c3ccc(-c4ncn[nH]4)cc23)cc1. The molecule has 2 N–H and O–H groups in total. The molecule has 0 saturated heterocycles. The average molecular weight is 319 g/mol. The van der Waals surface area contributed by atoms with Crippen molar-refractivity contribution in [2.45, 2.75) is 6.92 Å². The molecule has 4 aromatic rings. The van der Waals surface area contributed by atoms with Crippen molar-refractivity contribution in [3.05, 3.63) is 48.8 Å². The molecule has 0 amide bonds. The van der Waals surface area contributed by atoms with Crippen LogP contribution in [0, 0.1) is 0 Å². The Balaban J connectivity index is 1.76. The molecule has 2 aromatic heterocycles. The topological polar surface area (TPSA) is 96.6 Å². The quantitative estimate of drug-likeness (QED) is 0.447. The Bertz CT molecular complexity index is 1000. The van der Waals surface area contributed by atoms with E-state index in [1.54, 1.807) is 12.1 Å². The zero-order valence-electron chi connectivity index (χ0n) is 12.8. The molecule has 2 heterocycles. The first-order chi connectivity index (χ1) is 11.7. The van der Waals surface area contributed by atoms with Crippen molar-refractivity contribution in [3.63, 3.8) is 0 Å². The van der Waals surface area contributed by atoms with Crippen molar-refractivity contribution < 1.29 is 9.53 Å². The number of benzene rings is 2. The number of nitrogens with zero attached hydrogens (tertiary/aromatic N) is 3. The van der Waals surface area contributed by atoms with Crippen molar-refractivity contribution >= 4 is 16.9 Å². The van der Waals surface area contributed by atoms with Crippen LogP contribution in [-0.4, -0.2) is 31.3 Å². The molecule has 0 fully saturated rings. The summed E-state index contributed by atoms with van der Waals surface area (Å²) in [6.45, 7) is 1.38. The van der Waals surface area contributed by atoms with Gasteiger partial charge in [-0.05, 0) is 42.5 Å². The highest BCUT2D eigenvalue weighted by molar-refractivity contribution is 5.95. The van der Waals surface area contributed by atoms with E-state index in [0.29, 0.717) is 11.6 Å². The zero-order valence-corrected chi connectivity index (χ0v) is 12.8. The highest BCUT2D eigenvalue weighted by Crippen LogP contribution is 2.30. The Morgan fingerprint density at radius 3 is 2.54 bits per heavy atom. The first-order valence-electron chi connectivity index (χ1n) is 7.33. The van der Waals surface area contributed by atoms with Crippen LogP contribution < -0.4 is 4.74 Å². The van der Waals surface area contributed by atoms with E-state index in [-0.39, 0.29) is 5.97 Å². The Hall–Kier alpha value is -3.48. The molecule has 0 saturated carbocycles. The normalized spacial score (nSPS) is 10.9. The van der Waals surface area contributed by atoms with Gasteiger partial charge in [-0.2, -0.15) is 10.2 Å². The first-order valence-corrected chi connectivity index (χ1v) is 7.33. The van der Waals surface area contributed by atoms with Crippen LogP contribution in [0.2, 0.25) is 0 Å². The van der Waals surface area contributed by atoms with Gasteiger partial charge in [0, 0.05) is 23.4 Å². The van der Waals surface area contributed by atoms with Gasteiger partial charge >= 0.3 is 5.97 Å². The number of aromatic amines is 2. The lowest BCUT2D eigenvalue weighted by molar-refractivity contribution is -0.131. The van der Waals surface area contributed by atoms with Crippen molar-refractivity contribution in [1.29, 1.82) is 0 Å². The third kappa shape index (κ3) is 2.52. The lowest BCUT2D eigenvalue weighted by Gasteiger charge is -2.03. The molecule has 7 heteroatoms. The molecule has 24 heavy (non-hydrogen) atoms. The van der Waals surface area contributed by atoms with E-state index in [4.69, 9.17) is 4.74 Å². The molecular formula is C17H13N5O2. The summed E-state index contributed by atoms with van der Waals surface area (Å²) in [6.07, 6.45) is 1.48. The molecule has 0 aliphatic rings. The number of fused-ring (bicyclic) bond motifs is 1. The number of nitrogens with one attached hydrogen (secondary N) is 2. The molecule has 2 aromatic carbocycles. The Labute approximate surface area is 136 Å². The van der Waals surface area contributed by atoms with E-state index >= 15 is 0 Å². The Morgan fingerprint density at radius 1 is 1.04 bits per heavy atom. The average Bonchev–Trinajstić information content (AvgIpc) is 3.24. The third-order valence-corrected chi connectivity index (χ3v) is 3.64. The van der Waals surface area contributed by atoms with Gasteiger partial charge in [0.2, 0.25) is 0 Å². The fraction of sp³-hybridized carbons (Fsp3) is 0.0588. The van der Waals surface area contributed by atoms with Crippen LogP contribution in [0.1, 0.15) is 6.92 Å². The van der Waals surface area contributed by atoms with E-state index in [1.807, 2.05) is 30.3 Å². The lowest BCUT2D eigenvalue weighted by Crippen LogP contribution is -2.00. The highest BCUT2D eigenvalue weighted by Gasteiger charge is 2.11. The summed E-state index contributed by atoms with van der Waals surface area (Å²) in [6, 6.07) is 13.2. The predicted octanol–water partition coefficient (Wildman–Crippen LogP) is 2.94. The standard InChI is InChI=1S/C17H13N5O2/c1-10(23)24-13-5-2-11(3-6-13)16-14-8-12(17-18-9-19-22-17)4-7-15(14)20-21-16/h2-9H,1H3,(H,20,21)(H,18,19,22). The van der Waals surface area contributed by atoms with Crippen LogP contribution in [0.25, 0.3) is 33.5 Å². The van der Waals surface area contributed by atoms with E-state index in [0.717, 1.165) is 27.7 Å². The van der Waals surface area contributed by atoms with Gasteiger partial charge in [-0.1, -0.05) is 0 Å². The minimum atomic E-state index is -0.343. The van der Waals surface area contributed by atoms with Gasteiger partial charge < -0.3 is 4.74 Å². The van der Waals surface area contributed by atoms with Gasteiger partial charge in [-0.15, -0.1) is 0 Å². The van der Waals surface area contributed by atoms with Crippen molar-refractivity contribution in [1.82, 2.24) is 25.4 Å². The number of hydrogen-bond acceptors (Lipinski definition) is 5. The molecule has 0 atom stereocenters. The van der Waals surface area contributed by atoms with E-state index < -0.39 is 0 Å². The number of rotatable bonds is 3. The maximum Gasteiger partial charge on any atom is 0.308 e. The summed E-state index contributed by atoms with van der Waals surface area (Å²) in [7, 11) is 0. The fourth-order valence-corrected chi connectivity index (χ4v) is 2.57. The molecule has 0 radical (unpaired) electrons. The molecule has 118 valence electrons. The number of carbonyl (C=O) groups excluding carboxylic acids is 1. The van der Waals surface area contributed by atoms with E-state index in [2.05, 4.69) is 25.4 Å². The second-order valence-corrected chi connectivity index (χ2v) is 5.28. The van der Waals surface area contributed by atoms with Crippen molar-refractivity contribution in [2.75, 3.05) is 0 Å². The second kappa shape index (κ2) is 5.62. The lowest BCUT2D eigenvalue weighted by atomic mass is 10.1. The second-order valence-electron chi connectivity index (χ2n) is 5.28. The van der Waals surface area contributed by atoms with Gasteiger partial charge in [0.05, 0.1) is 11.2 Å². The molecular weight excluding hydrogens is 306 g/mol. The molecule has 0 aliphatic carbocycles. The van der Waals surface area contributed by atoms with Crippen molar-refractivity contribution in [2.24, 2.45) is 0 Å². The maximum atomic E-state index is 11.0. The van der Waals surface area contributed by atoms with Gasteiger partial charge in [0.1, 0.15) is 12.1 Å². The third-order valence-electron chi connectivity index (χ3n) is 3.64. The Morgan fingerprint density at radius 2 is 1.83 bits per heavy atom. The number of H-pyrrole nitrogens is 2. The minimum Gasteiger partial charge on any atom is -0.427 e. The van der Waals surface area contributed by atoms with Crippen LogP contribution in [0.4, 0.5) is 0 Å². The fourth-order valence-electron chi connectivity index (χ4n) is 2.57. The van der Waals surface area contributed by atoms with Crippen LogP contribution in [0.5, 0.6) is 5.75 Å². The maximum absolute atomic E-state index is 11.0. The van der Waals surface area contributed by atoms with E-state index in [1.165, 1.54) is 13.3 Å². The molecule has 0 unspecified atom stereocenters. The van der Waals surface area contributed by atoms with Crippen LogP contribution in [-0.2, 0) is 4.79 Å². The van der Waals surface area contributed by atoms with Crippen LogP contribution in [0.3, 0.4) is 0 Å². The number of aromatic nitrogens is 5. The van der Waals surface area contributed by atoms with E-state index in [9.17, 15) is 4.79 Å². The van der Waals surface area contributed by atoms with Gasteiger partial charge in [0.25, 0.3) is 0 Å². The van der Waals surface area contributed by atoms with Crippen LogP contribution in [0.15, 0.2) is 48.8 Å². The first kappa shape index (κ1) is 14.1. The number of ether oxygens (including phenoxy) is 1. The summed E-state index contributed by atoms with van der Waals surface area (Å²) in [5, 5.41) is 15.1. The zero-order chi connectivity index (χ0) is 16.5. The monoisotopic (exact) mass is 319 g/mol. The minimum absolute atomic E-state index is 0.343. The van der Waals surface area contributed by atoms with Crippen LogP contribution >= 0.6 is 0 Å². The summed E-state index contributed by atoms with van der Waals surface area (Å²) in [4.78, 5) is 15.2. The summed E-state index contributed by atoms with van der Waals surface area (Å²) in [5.74, 6) is 0.868. The van der Waals surface area contributed by atoms with Gasteiger partial charge in [-0.3, -0.25) is 15.0 Å². The summed E-state index contributed by atoms with van der Waals surface area (Å²) in [5.41, 5.74) is 3.60.